The maximum absolute atomic E-state index is 13.0. The number of urea groups is 1. The first-order valence-corrected chi connectivity index (χ1v) is 10.3. The first-order valence-electron chi connectivity index (χ1n) is 10.3. The summed E-state index contributed by atoms with van der Waals surface area (Å²) in [5, 5.41) is 2.93. The van der Waals surface area contributed by atoms with Crippen LogP contribution >= 0.6 is 0 Å². The number of hydrogen-bond donors (Lipinski definition) is 2. The minimum atomic E-state index is -0.826. The van der Waals surface area contributed by atoms with E-state index < -0.39 is 5.54 Å². The van der Waals surface area contributed by atoms with E-state index in [4.69, 9.17) is 0 Å². The third-order valence-electron chi connectivity index (χ3n) is 6.01. The van der Waals surface area contributed by atoms with E-state index >= 15 is 0 Å². The number of carbonyl (C=O) groups is 2. The number of benzene rings is 2. The van der Waals surface area contributed by atoms with Crippen LogP contribution in [0.1, 0.15) is 30.9 Å². The van der Waals surface area contributed by atoms with Gasteiger partial charge in [0.25, 0.3) is 5.91 Å². The molecular formula is C24H28N3O2+. The molecule has 0 radical (unpaired) electrons. The molecule has 1 saturated heterocycles. The average molecular weight is 391 g/mol. The maximum Gasteiger partial charge on any atom is 0.329 e. The first kappa shape index (κ1) is 19.4. The van der Waals surface area contributed by atoms with E-state index in [2.05, 4.69) is 47.8 Å². The molecule has 0 spiro atoms. The molecule has 3 amide bonds. The Balaban J connectivity index is 1.36. The minimum Gasteiger partial charge on any atom is -0.323 e. The molecule has 1 unspecified atom stereocenters. The topological polar surface area (TPSA) is 53.9 Å². The number of quaternary nitrogens is 1. The lowest BCUT2D eigenvalue weighted by atomic mass is 9.93. The molecule has 2 aromatic rings. The van der Waals surface area contributed by atoms with Crippen molar-refractivity contribution in [3.8, 4) is 0 Å². The Morgan fingerprint density at radius 1 is 1.03 bits per heavy atom. The molecule has 0 saturated carbocycles. The van der Waals surface area contributed by atoms with E-state index in [1.807, 2.05) is 31.2 Å². The van der Waals surface area contributed by atoms with Crippen LogP contribution in [-0.4, -0.2) is 42.1 Å². The number of amides is 3. The van der Waals surface area contributed by atoms with Crippen molar-refractivity contribution in [3.63, 3.8) is 0 Å². The van der Waals surface area contributed by atoms with Crippen molar-refractivity contribution in [1.82, 2.24) is 10.2 Å². The maximum atomic E-state index is 13.0. The molecule has 2 N–H and O–H groups in total. The smallest absolute Gasteiger partial charge is 0.323 e. The van der Waals surface area contributed by atoms with Crippen molar-refractivity contribution in [2.45, 2.75) is 31.7 Å². The molecule has 1 fully saturated rings. The number of hydrogen-bond acceptors (Lipinski definition) is 2. The van der Waals surface area contributed by atoms with E-state index in [1.54, 1.807) is 0 Å². The lowest BCUT2D eigenvalue weighted by Gasteiger charge is -2.27. The standard InChI is InChI=1S/C24H27N3O2/c1-24(15-12-19-8-4-2-5-9-19)22(28)27(23(29)25-24)18-26-16-13-21(14-17-26)20-10-6-3-7-11-20/h2-11,13H,12,14-18H2,1H3,(H,25,29)/p+1/t24-/m0/s1. The van der Waals surface area contributed by atoms with Crippen LogP contribution in [0.5, 0.6) is 0 Å². The van der Waals surface area contributed by atoms with Gasteiger partial charge in [-0.15, -0.1) is 0 Å². The van der Waals surface area contributed by atoms with Gasteiger partial charge in [-0.3, -0.25) is 4.79 Å². The molecule has 0 aromatic heterocycles. The predicted molar refractivity (Wildman–Crippen MR) is 113 cm³/mol. The second-order valence-electron chi connectivity index (χ2n) is 8.19. The summed E-state index contributed by atoms with van der Waals surface area (Å²) in [7, 11) is 0. The Bertz CT molecular complexity index is 910. The molecule has 5 nitrogen and oxygen atoms in total. The summed E-state index contributed by atoms with van der Waals surface area (Å²) in [5.74, 6) is -0.108. The Morgan fingerprint density at radius 3 is 2.38 bits per heavy atom. The van der Waals surface area contributed by atoms with E-state index in [0.717, 1.165) is 25.9 Å². The van der Waals surface area contributed by atoms with Gasteiger partial charge in [0.2, 0.25) is 0 Å². The second-order valence-corrected chi connectivity index (χ2v) is 8.19. The monoisotopic (exact) mass is 390 g/mol. The van der Waals surface area contributed by atoms with Crippen molar-refractivity contribution in [1.29, 1.82) is 0 Å². The number of rotatable bonds is 6. The molecule has 29 heavy (non-hydrogen) atoms. The normalized spacial score (nSPS) is 24.4. The van der Waals surface area contributed by atoms with Crippen LogP contribution in [0.25, 0.3) is 5.57 Å². The molecule has 4 rings (SSSR count). The fourth-order valence-electron chi connectivity index (χ4n) is 4.16. The Hall–Kier alpha value is -2.92. The van der Waals surface area contributed by atoms with E-state index in [1.165, 1.54) is 26.5 Å². The summed E-state index contributed by atoms with van der Waals surface area (Å²) in [5.41, 5.74) is 2.96. The highest BCUT2D eigenvalue weighted by Gasteiger charge is 2.48. The van der Waals surface area contributed by atoms with Crippen molar-refractivity contribution in [2.75, 3.05) is 19.8 Å². The van der Waals surface area contributed by atoms with Crippen LogP contribution in [0.15, 0.2) is 66.7 Å². The van der Waals surface area contributed by atoms with Gasteiger partial charge in [0.1, 0.15) is 5.54 Å². The van der Waals surface area contributed by atoms with Gasteiger partial charge in [0.05, 0.1) is 13.1 Å². The van der Waals surface area contributed by atoms with Gasteiger partial charge in [-0.1, -0.05) is 60.7 Å². The average Bonchev–Trinajstić information content (AvgIpc) is 2.97. The second kappa shape index (κ2) is 8.21. The summed E-state index contributed by atoms with van der Waals surface area (Å²) in [6, 6.07) is 20.2. The molecule has 0 aliphatic carbocycles. The Labute approximate surface area is 172 Å². The molecule has 2 aliphatic heterocycles. The van der Waals surface area contributed by atoms with Crippen molar-refractivity contribution < 1.29 is 14.5 Å². The Morgan fingerprint density at radius 2 is 1.72 bits per heavy atom. The van der Waals surface area contributed by atoms with E-state index in [9.17, 15) is 9.59 Å². The molecule has 150 valence electrons. The Kier molecular flexibility index (Phi) is 5.49. The molecule has 2 aliphatic rings. The highest BCUT2D eigenvalue weighted by atomic mass is 16.2. The fraction of sp³-hybridized carbons (Fsp3) is 0.333. The highest BCUT2D eigenvalue weighted by Crippen LogP contribution is 2.23. The van der Waals surface area contributed by atoms with Gasteiger partial charge < -0.3 is 10.2 Å². The number of nitrogens with one attached hydrogen (secondary N) is 2. The summed E-state index contributed by atoms with van der Waals surface area (Å²) >= 11 is 0. The van der Waals surface area contributed by atoms with Crippen molar-refractivity contribution >= 4 is 17.5 Å². The van der Waals surface area contributed by atoms with Crippen LogP contribution in [0.2, 0.25) is 0 Å². The van der Waals surface area contributed by atoms with Gasteiger partial charge in [-0.25, -0.2) is 9.69 Å². The van der Waals surface area contributed by atoms with Gasteiger partial charge in [0, 0.05) is 6.42 Å². The summed E-state index contributed by atoms with van der Waals surface area (Å²) in [4.78, 5) is 28.2. The third-order valence-corrected chi connectivity index (χ3v) is 6.01. The molecular weight excluding hydrogens is 362 g/mol. The van der Waals surface area contributed by atoms with Crippen LogP contribution in [0, 0.1) is 0 Å². The fourth-order valence-corrected chi connectivity index (χ4v) is 4.16. The third kappa shape index (κ3) is 4.25. The number of carbonyl (C=O) groups excluding carboxylic acids is 2. The van der Waals surface area contributed by atoms with Gasteiger partial charge in [-0.05, 0) is 42.5 Å². The number of nitrogens with zero attached hydrogens (tertiary/aromatic N) is 1. The van der Waals surface area contributed by atoms with E-state index in [0.29, 0.717) is 13.1 Å². The van der Waals surface area contributed by atoms with Crippen LogP contribution in [0.4, 0.5) is 4.79 Å². The summed E-state index contributed by atoms with van der Waals surface area (Å²) in [6.45, 7) is 4.00. The molecule has 2 heterocycles. The SMILES string of the molecule is C[C@@]1(CCc2ccccc2)NC(=O)N(C[NH+]2CC=C(c3ccccc3)CC2)C1=O. The van der Waals surface area contributed by atoms with Gasteiger partial charge in [0.15, 0.2) is 6.67 Å². The number of imide groups is 1. The van der Waals surface area contributed by atoms with Crippen LogP contribution in [-0.2, 0) is 11.2 Å². The lowest BCUT2D eigenvalue weighted by Crippen LogP contribution is -3.14. The van der Waals surface area contributed by atoms with Crippen molar-refractivity contribution in [3.05, 3.63) is 77.9 Å². The highest BCUT2D eigenvalue weighted by molar-refractivity contribution is 6.06. The van der Waals surface area contributed by atoms with Gasteiger partial charge in [-0.2, -0.15) is 0 Å². The molecule has 5 heteroatoms. The van der Waals surface area contributed by atoms with Crippen LogP contribution < -0.4 is 10.2 Å². The molecule has 0 bridgehead atoms. The summed E-state index contributed by atoms with van der Waals surface area (Å²) in [6.07, 6.45) is 4.55. The predicted octanol–water partition coefficient (Wildman–Crippen LogP) is 2.26. The van der Waals surface area contributed by atoms with Crippen LogP contribution in [0.3, 0.4) is 0 Å². The number of aryl methyl sites for hydroxylation is 1. The zero-order valence-electron chi connectivity index (χ0n) is 16.9. The van der Waals surface area contributed by atoms with Gasteiger partial charge >= 0.3 is 6.03 Å². The largest absolute Gasteiger partial charge is 0.329 e. The molecule has 2 atom stereocenters. The quantitative estimate of drug-likeness (QED) is 0.744. The zero-order valence-corrected chi connectivity index (χ0v) is 16.9. The van der Waals surface area contributed by atoms with E-state index in [-0.39, 0.29) is 11.9 Å². The lowest BCUT2D eigenvalue weighted by molar-refractivity contribution is -0.902. The minimum absolute atomic E-state index is 0.108. The summed E-state index contributed by atoms with van der Waals surface area (Å²) < 4.78 is 0. The molecule has 2 aromatic carbocycles. The van der Waals surface area contributed by atoms with Crippen molar-refractivity contribution in [2.24, 2.45) is 0 Å². The zero-order chi connectivity index (χ0) is 20.3. The first-order chi connectivity index (χ1) is 14.0.